The van der Waals surface area contributed by atoms with Crippen LogP contribution in [0.15, 0.2) is 24.3 Å². The van der Waals surface area contributed by atoms with E-state index in [1.54, 1.807) is 24.3 Å². The van der Waals surface area contributed by atoms with Crippen molar-refractivity contribution in [1.82, 2.24) is 10.3 Å². The zero-order valence-electron chi connectivity index (χ0n) is 12.0. The Kier molecular flexibility index (Phi) is 5.38. The van der Waals surface area contributed by atoms with Crippen molar-refractivity contribution in [2.24, 2.45) is 11.8 Å². The minimum Gasteiger partial charge on any atom is -0.492 e. The van der Waals surface area contributed by atoms with Crippen LogP contribution in [0, 0.1) is 5.92 Å². The maximum atomic E-state index is 11.3. The van der Waals surface area contributed by atoms with E-state index in [0.717, 1.165) is 24.8 Å². The number of carbonyl (C=O) groups excluding carboxylic acids is 1. The quantitative estimate of drug-likeness (QED) is 0.428. The number of carbonyl (C=O) groups is 1. The van der Waals surface area contributed by atoms with Crippen molar-refractivity contribution in [2.75, 3.05) is 26.2 Å². The van der Waals surface area contributed by atoms with Gasteiger partial charge in [0.25, 0.3) is 5.91 Å². The Labute approximate surface area is 120 Å². The fraction of sp³-hybridized carbons (Fsp3) is 0.533. The Morgan fingerprint density at radius 2 is 2.10 bits per heavy atom. The van der Waals surface area contributed by atoms with E-state index in [0.29, 0.717) is 12.2 Å². The van der Waals surface area contributed by atoms with Crippen LogP contribution < -0.4 is 16.0 Å². The first-order chi connectivity index (χ1) is 9.72. The summed E-state index contributed by atoms with van der Waals surface area (Å²) < 4.78 is 5.70. The number of amides is 1. The third-order valence-corrected chi connectivity index (χ3v) is 3.58. The number of hydrogen-bond acceptors (Lipinski definition) is 4. The minimum absolute atomic E-state index is 0.293. The summed E-state index contributed by atoms with van der Waals surface area (Å²) in [5.74, 6) is 6.47. The summed E-state index contributed by atoms with van der Waals surface area (Å²) in [4.78, 5) is 13.7. The summed E-state index contributed by atoms with van der Waals surface area (Å²) in [6, 6.07) is 7.00. The lowest BCUT2D eigenvalue weighted by Gasteiger charge is -2.20. The Bertz CT molecular complexity index is 429. The van der Waals surface area contributed by atoms with E-state index in [-0.39, 0.29) is 5.91 Å². The third-order valence-electron chi connectivity index (χ3n) is 3.58. The van der Waals surface area contributed by atoms with Gasteiger partial charge in [0, 0.05) is 18.7 Å². The number of hydrogen-bond donors (Lipinski definition) is 2. The van der Waals surface area contributed by atoms with Gasteiger partial charge in [0.05, 0.1) is 0 Å². The molecular formula is C15H23N3O2. The van der Waals surface area contributed by atoms with Gasteiger partial charge in [0.1, 0.15) is 12.4 Å². The average molecular weight is 277 g/mol. The number of rotatable bonds is 8. The van der Waals surface area contributed by atoms with Crippen LogP contribution in [-0.2, 0) is 0 Å². The largest absolute Gasteiger partial charge is 0.492 e. The molecule has 0 spiro atoms. The number of likely N-dealkylation sites (N-methyl/N-ethyl adjacent to an activating group) is 1. The molecule has 0 aromatic heterocycles. The highest BCUT2D eigenvalue weighted by Gasteiger charge is 2.23. The van der Waals surface area contributed by atoms with Crippen LogP contribution >= 0.6 is 0 Å². The van der Waals surface area contributed by atoms with Gasteiger partial charge in [-0.05, 0) is 49.6 Å². The molecule has 0 heterocycles. The Morgan fingerprint density at radius 3 is 2.65 bits per heavy atom. The normalized spacial score (nSPS) is 14.3. The van der Waals surface area contributed by atoms with Gasteiger partial charge in [-0.15, -0.1) is 0 Å². The number of hydrazine groups is 1. The van der Waals surface area contributed by atoms with Crippen LogP contribution in [0.3, 0.4) is 0 Å². The van der Waals surface area contributed by atoms with Gasteiger partial charge >= 0.3 is 0 Å². The highest BCUT2D eigenvalue weighted by Crippen LogP contribution is 2.29. The predicted octanol–water partition coefficient (Wildman–Crippen LogP) is 1.40. The van der Waals surface area contributed by atoms with Gasteiger partial charge in [-0.3, -0.25) is 15.1 Å². The van der Waals surface area contributed by atoms with Crippen LogP contribution in [0.1, 0.15) is 30.1 Å². The number of benzene rings is 1. The molecule has 1 aromatic carbocycles. The second-order valence-electron chi connectivity index (χ2n) is 5.18. The Morgan fingerprint density at radius 1 is 1.40 bits per heavy atom. The molecular weight excluding hydrogens is 254 g/mol. The fourth-order valence-electron chi connectivity index (χ4n) is 2.12. The molecule has 1 amide bonds. The first kappa shape index (κ1) is 14.8. The molecule has 110 valence electrons. The number of ether oxygens (including phenoxy) is 1. The number of nitrogen functional groups attached to an aromatic ring is 1. The molecule has 0 bridgehead atoms. The SMILES string of the molecule is CCN(CCOc1ccc(C(=O)NN)cc1)CC1CC1. The lowest BCUT2D eigenvalue weighted by atomic mass is 10.2. The van der Waals surface area contributed by atoms with E-state index in [9.17, 15) is 4.79 Å². The van der Waals surface area contributed by atoms with Crippen molar-refractivity contribution in [3.05, 3.63) is 29.8 Å². The summed E-state index contributed by atoms with van der Waals surface area (Å²) >= 11 is 0. The Hall–Kier alpha value is -1.59. The molecule has 0 radical (unpaired) electrons. The van der Waals surface area contributed by atoms with Crippen LogP contribution in [0.25, 0.3) is 0 Å². The zero-order chi connectivity index (χ0) is 14.4. The summed E-state index contributed by atoms with van der Waals surface area (Å²) in [5, 5.41) is 0. The van der Waals surface area contributed by atoms with Crippen LogP contribution in [0.5, 0.6) is 5.75 Å². The predicted molar refractivity (Wildman–Crippen MR) is 78.4 cm³/mol. The van der Waals surface area contributed by atoms with Crippen LogP contribution in [0.4, 0.5) is 0 Å². The van der Waals surface area contributed by atoms with Gasteiger partial charge in [0.2, 0.25) is 0 Å². The monoisotopic (exact) mass is 277 g/mol. The van der Waals surface area contributed by atoms with Gasteiger partial charge in [-0.25, -0.2) is 5.84 Å². The fourth-order valence-corrected chi connectivity index (χ4v) is 2.12. The lowest BCUT2D eigenvalue weighted by molar-refractivity contribution is 0.0953. The van der Waals surface area contributed by atoms with E-state index in [1.807, 2.05) is 0 Å². The van der Waals surface area contributed by atoms with Crippen LogP contribution in [0.2, 0.25) is 0 Å². The second kappa shape index (κ2) is 7.26. The highest BCUT2D eigenvalue weighted by atomic mass is 16.5. The van der Waals surface area contributed by atoms with Gasteiger partial charge in [-0.1, -0.05) is 6.92 Å². The number of nitrogens with zero attached hydrogens (tertiary/aromatic N) is 1. The summed E-state index contributed by atoms with van der Waals surface area (Å²) in [6.07, 6.45) is 2.75. The first-order valence-electron chi connectivity index (χ1n) is 7.19. The average Bonchev–Trinajstić information content (AvgIpc) is 3.30. The molecule has 20 heavy (non-hydrogen) atoms. The third kappa shape index (κ3) is 4.51. The lowest BCUT2D eigenvalue weighted by Crippen LogP contribution is -2.30. The maximum absolute atomic E-state index is 11.3. The van der Waals surface area contributed by atoms with Gasteiger partial charge in [-0.2, -0.15) is 0 Å². The number of nitrogens with two attached hydrogens (primary N) is 1. The maximum Gasteiger partial charge on any atom is 0.265 e. The van der Waals surface area contributed by atoms with E-state index in [4.69, 9.17) is 10.6 Å². The van der Waals surface area contributed by atoms with Crippen molar-refractivity contribution in [3.63, 3.8) is 0 Å². The van der Waals surface area contributed by atoms with Crippen LogP contribution in [-0.4, -0.2) is 37.0 Å². The first-order valence-corrected chi connectivity index (χ1v) is 7.19. The molecule has 1 aliphatic carbocycles. The molecule has 1 aliphatic rings. The van der Waals surface area contributed by atoms with E-state index in [2.05, 4.69) is 17.2 Å². The van der Waals surface area contributed by atoms with Crippen molar-refractivity contribution in [2.45, 2.75) is 19.8 Å². The van der Waals surface area contributed by atoms with Crippen molar-refractivity contribution in [3.8, 4) is 5.75 Å². The summed E-state index contributed by atoms with van der Waals surface area (Å²) in [7, 11) is 0. The van der Waals surface area contributed by atoms with E-state index >= 15 is 0 Å². The molecule has 5 heteroatoms. The zero-order valence-corrected chi connectivity index (χ0v) is 12.0. The molecule has 3 N–H and O–H groups in total. The molecule has 1 aromatic rings. The van der Waals surface area contributed by atoms with Crippen molar-refractivity contribution in [1.29, 1.82) is 0 Å². The molecule has 0 saturated heterocycles. The summed E-state index contributed by atoms with van der Waals surface area (Å²) in [5.41, 5.74) is 2.64. The standard InChI is InChI=1S/C15H23N3O2/c1-2-18(11-12-3-4-12)9-10-20-14-7-5-13(6-8-14)15(19)17-16/h5-8,12H,2-4,9-11,16H2,1H3,(H,17,19). The molecule has 0 atom stereocenters. The molecule has 0 unspecified atom stereocenters. The highest BCUT2D eigenvalue weighted by molar-refractivity contribution is 5.93. The smallest absolute Gasteiger partial charge is 0.265 e. The van der Waals surface area contributed by atoms with E-state index < -0.39 is 0 Å². The van der Waals surface area contributed by atoms with Crippen molar-refractivity contribution < 1.29 is 9.53 Å². The Balaban J connectivity index is 1.74. The number of nitrogens with one attached hydrogen (secondary N) is 1. The molecule has 1 fully saturated rings. The molecule has 2 rings (SSSR count). The topological polar surface area (TPSA) is 67.6 Å². The molecule has 1 saturated carbocycles. The van der Waals surface area contributed by atoms with Gasteiger partial charge < -0.3 is 4.74 Å². The second-order valence-corrected chi connectivity index (χ2v) is 5.18. The van der Waals surface area contributed by atoms with Gasteiger partial charge in [0.15, 0.2) is 0 Å². The minimum atomic E-state index is -0.293. The molecule has 5 nitrogen and oxygen atoms in total. The summed E-state index contributed by atoms with van der Waals surface area (Å²) in [6.45, 7) is 6.05. The van der Waals surface area contributed by atoms with E-state index in [1.165, 1.54) is 19.4 Å². The molecule has 0 aliphatic heterocycles. The van der Waals surface area contributed by atoms with Crippen molar-refractivity contribution >= 4 is 5.91 Å².